The molecular weight excluding hydrogens is 258 g/mol. The van der Waals surface area contributed by atoms with Gasteiger partial charge >= 0.3 is 0 Å². The molecule has 1 aromatic heterocycles. The van der Waals surface area contributed by atoms with Gasteiger partial charge in [-0.1, -0.05) is 24.4 Å². The maximum atomic E-state index is 9.09. The van der Waals surface area contributed by atoms with Crippen molar-refractivity contribution in [2.75, 3.05) is 11.4 Å². The molecular formula is C15H18ClN3. The van der Waals surface area contributed by atoms with Gasteiger partial charge in [-0.15, -0.1) is 0 Å². The van der Waals surface area contributed by atoms with Crippen molar-refractivity contribution in [3.05, 3.63) is 22.8 Å². The van der Waals surface area contributed by atoms with E-state index in [0.29, 0.717) is 16.6 Å². The Labute approximate surface area is 119 Å². The molecule has 1 aliphatic carbocycles. The van der Waals surface area contributed by atoms with Crippen LogP contribution in [0.15, 0.2) is 12.3 Å². The van der Waals surface area contributed by atoms with E-state index < -0.39 is 0 Å². The molecule has 1 aliphatic heterocycles. The van der Waals surface area contributed by atoms with Crippen LogP contribution >= 0.6 is 11.6 Å². The first-order valence-corrected chi connectivity index (χ1v) is 7.50. The first-order chi connectivity index (χ1) is 9.31. The molecule has 0 N–H and O–H groups in total. The molecule has 0 radical (unpaired) electrons. The van der Waals surface area contributed by atoms with Gasteiger partial charge in [0.2, 0.25) is 0 Å². The van der Waals surface area contributed by atoms with Gasteiger partial charge in [0.05, 0.1) is 5.56 Å². The minimum Gasteiger partial charge on any atom is -0.352 e. The molecule has 0 unspecified atom stereocenters. The smallest absolute Gasteiger partial charge is 0.148 e. The quantitative estimate of drug-likeness (QED) is 0.783. The molecule has 0 aromatic carbocycles. The highest BCUT2D eigenvalue weighted by molar-refractivity contribution is 6.34. The zero-order valence-corrected chi connectivity index (χ0v) is 11.7. The van der Waals surface area contributed by atoms with Gasteiger partial charge in [0.25, 0.3) is 0 Å². The number of anilines is 1. The maximum absolute atomic E-state index is 9.09. The lowest BCUT2D eigenvalue weighted by Crippen LogP contribution is -2.47. The largest absolute Gasteiger partial charge is 0.352 e. The molecule has 4 heteroatoms. The van der Waals surface area contributed by atoms with E-state index in [1.165, 1.54) is 38.5 Å². The van der Waals surface area contributed by atoms with Crippen LogP contribution in [-0.4, -0.2) is 17.6 Å². The summed E-state index contributed by atoms with van der Waals surface area (Å²) in [6.45, 7) is 1.02. The van der Waals surface area contributed by atoms with Crippen molar-refractivity contribution in [2.45, 2.75) is 44.6 Å². The second kappa shape index (κ2) is 5.38. The molecule has 2 fully saturated rings. The summed E-state index contributed by atoms with van der Waals surface area (Å²) in [7, 11) is 0. The molecule has 2 heterocycles. The Kier molecular flexibility index (Phi) is 3.61. The van der Waals surface area contributed by atoms with E-state index in [2.05, 4.69) is 16.0 Å². The average molecular weight is 276 g/mol. The number of hydrogen-bond acceptors (Lipinski definition) is 3. The van der Waals surface area contributed by atoms with Gasteiger partial charge in [0.1, 0.15) is 16.9 Å². The van der Waals surface area contributed by atoms with Crippen molar-refractivity contribution in [1.29, 1.82) is 5.26 Å². The second-order valence-corrected chi connectivity index (χ2v) is 5.93. The van der Waals surface area contributed by atoms with Crippen LogP contribution in [0.25, 0.3) is 0 Å². The molecule has 2 aliphatic rings. The Balaban J connectivity index is 1.94. The van der Waals surface area contributed by atoms with Crippen LogP contribution in [-0.2, 0) is 0 Å². The summed E-state index contributed by atoms with van der Waals surface area (Å²) in [4.78, 5) is 6.80. The standard InChI is InChI=1S/C15H18ClN3/c16-14-12(10-17)7-8-18-15(14)19-9-3-5-11-4-1-2-6-13(11)19/h7-8,11,13H,1-6,9H2/t11-,13-/m1/s1. The number of pyridine rings is 1. The minimum absolute atomic E-state index is 0.524. The number of nitrogens with zero attached hydrogens (tertiary/aromatic N) is 3. The third-order valence-electron chi connectivity index (χ3n) is 4.51. The SMILES string of the molecule is N#Cc1ccnc(N2CCC[C@H]3CCCC[C@H]32)c1Cl. The van der Waals surface area contributed by atoms with Gasteiger partial charge in [-0.05, 0) is 37.7 Å². The number of hydrogen-bond donors (Lipinski definition) is 0. The van der Waals surface area contributed by atoms with Crippen LogP contribution in [0, 0.1) is 17.2 Å². The molecule has 0 bridgehead atoms. The van der Waals surface area contributed by atoms with E-state index in [9.17, 15) is 0 Å². The summed E-state index contributed by atoms with van der Waals surface area (Å²) in [5, 5.41) is 9.62. The first kappa shape index (κ1) is 12.7. The van der Waals surface area contributed by atoms with Crippen LogP contribution in [0.3, 0.4) is 0 Å². The van der Waals surface area contributed by atoms with Crippen molar-refractivity contribution in [1.82, 2.24) is 4.98 Å². The first-order valence-electron chi connectivity index (χ1n) is 7.12. The van der Waals surface area contributed by atoms with Crippen molar-refractivity contribution in [3.63, 3.8) is 0 Å². The van der Waals surface area contributed by atoms with E-state index in [1.807, 2.05) is 0 Å². The van der Waals surface area contributed by atoms with Crippen molar-refractivity contribution in [3.8, 4) is 6.07 Å². The molecule has 1 saturated carbocycles. The Hall–Kier alpha value is -1.27. The Morgan fingerprint density at radius 3 is 2.89 bits per heavy atom. The molecule has 2 atom stereocenters. The van der Waals surface area contributed by atoms with Gasteiger partial charge < -0.3 is 4.90 Å². The van der Waals surface area contributed by atoms with Crippen LogP contribution < -0.4 is 4.90 Å². The molecule has 1 saturated heterocycles. The summed E-state index contributed by atoms with van der Waals surface area (Å²) in [6.07, 6.45) is 9.46. The number of nitriles is 1. The lowest BCUT2D eigenvalue weighted by molar-refractivity contribution is 0.243. The van der Waals surface area contributed by atoms with Crippen LogP contribution in [0.4, 0.5) is 5.82 Å². The number of piperidine rings is 1. The van der Waals surface area contributed by atoms with Gasteiger partial charge in [0.15, 0.2) is 0 Å². The molecule has 3 rings (SSSR count). The monoisotopic (exact) mass is 275 g/mol. The van der Waals surface area contributed by atoms with Gasteiger partial charge in [-0.2, -0.15) is 5.26 Å². The third-order valence-corrected chi connectivity index (χ3v) is 4.88. The normalized spacial score (nSPS) is 26.6. The lowest BCUT2D eigenvalue weighted by atomic mass is 9.78. The van der Waals surface area contributed by atoms with Crippen molar-refractivity contribution < 1.29 is 0 Å². The molecule has 19 heavy (non-hydrogen) atoms. The van der Waals surface area contributed by atoms with E-state index in [0.717, 1.165) is 18.3 Å². The lowest BCUT2D eigenvalue weighted by Gasteiger charge is -2.45. The zero-order valence-electron chi connectivity index (χ0n) is 11.0. The van der Waals surface area contributed by atoms with Crippen LogP contribution in [0.5, 0.6) is 0 Å². The molecule has 0 amide bonds. The Morgan fingerprint density at radius 1 is 1.26 bits per heavy atom. The summed E-state index contributed by atoms with van der Waals surface area (Å²) in [6, 6.07) is 4.41. The Bertz CT molecular complexity index is 507. The molecule has 100 valence electrons. The fourth-order valence-corrected chi connectivity index (χ4v) is 3.87. The fourth-order valence-electron chi connectivity index (χ4n) is 3.61. The summed E-state index contributed by atoms with van der Waals surface area (Å²) < 4.78 is 0. The molecule has 0 spiro atoms. The third kappa shape index (κ3) is 2.30. The average Bonchev–Trinajstić information content (AvgIpc) is 2.47. The predicted molar refractivity (Wildman–Crippen MR) is 76.3 cm³/mol. The molecule has 3 nitrogen and oxygen atoms in total. The topological polar surface area (TPSA) is 39.9 Å². The van der Waals surface area contributed by atoms with Crippen molar-refractivity contribution in [2.24, 2.45) is 5.92 Å². The van der Waals surface area contributed by atoms with E-state index in [1.54, 1.807) is 12.3 Å². The van der Waals surface area contributed by atoms with E-state index in [-0.39, 0.29) is 0 Å². The van der Waals surface area contributed by atoms with Crippen LogP contribution in [0.1, 0.15) is 44.1 Å². The van der Waals surface area contributed by atoms with Gasteiger partial charge in [0, 0.05) is 18.8 Å². The minimum atomic E-state index is 0.524. The number of halogens is 1. The number of aromatic nitrogens is 1. The number of fused-ring (bicyclic) bond motifs is 1. The van der Waals surface area contributed by atoms with Crippen LogP contribution in [0.2, 0.25) is 5.02 Å². The van der Waals surface area contributed by atoms with E-state index in [4.69, 9.17) is 16.9 Å². The predicted octanol–water partition coefficient (Wildman–Crippen LogP) is 3.77. The summed E-state index contributed by atoms with van der Waals surface area (Å²) in [5.74, 6) is 1.60. The van der Waals surface area contributed by atoms with Gasteiger partial charge in [-0.3, -0.25) is 0 Å². The summed E-state index contributed by atoms with van der Waals surface area (Å²) in [5.41, 5.74) is 0.532. The summed E-state index contributed by atoms with van der Waals surface area (Å²) >= 11 is 6.35. The van der Waals surface area contributed by atoms with Gasteiger partial charge in [-0.25, -0.2) is 4.98 Å². The zero-order chi connectivity index (χ0) is 13.2. The molecule has 1 aromatic rings. The van der Waals surface area contributed by atoms with Crippen molar-refractivity contribution >= 4 is 17.4 Å². The van der Waals surface area contributed by atoms with E-state index >= 15 is 0 Å². The Morgan fingerprint density at radius 2 is 2.05 bits per heavy atom. The highest BCUT2D eigenvalue weighted by Crippen LogP contribution is 2.39. The second-order valence-electron chi connectivity index (χ2n) is 5.56. The highest BCUT2D eigenvalue weighted by atomic mass is 35.5. The highest BCUT2D eigenvalue weighted by Gasteiger charge is 2.34. The maximum Gasteiger partial charge on any atom is 0.148 e. The fraction of sp³-hybridized carbons (Fsp3) is 0.600. The number of rotatable bonds is 1.